The van der Waals surface area contributed by atoms with Crippen LogP contribution in [0.25, 0.3) is 5.65 Å². The first-order valence-electron chi connectivity index (χ1n) is 6.99. The molecule has 24 heavy (non-hydrogen) atoms. The van der Waals surface area contributed by atoms with Crippen LogP contribution in [0, 0.1) is 6.92 Å². The molecule has 0 bridgehead atoms. The topological polar surface area (TPSA) is 95.7 Å². The Bertz CT molecular complexity index is 952. The zero-order chi connectivity index (χ0) is 17.3. The fourth-order valence-electron chi connectivity index (χ4n) is 2.19. The second-order valence-electron chi connectivity index (χ2n) is 5.09. The maximum atomic E-state index is 12.1. The number of aromatic nitrogens is 2. The Morgan fingerprint density at radius 3 is 2.67 bits per heavy atom. The van der Waals surface area contributed by atoms with Gasteiger partial charge in [0, 0.05) is 16.9 Å². The van der Waals surface area contributed by atoms with Gasteiger partial charge >= 0.3 is 0 Å². The van der Waals surface area contributed by atoms with Gasteiger partial charge in [-0.25, -0.2) is 4.98 Å². The lowest BCUT2D eigenvalue weighted by molar-refractivity contribution is 0.0842. The normalized spacial score (nSPS) is 10.6. The minimum Gasteiger partial charge on any atom is -0.507 e. The maximum absolute atomic E-state index is 12.1. The van der Waals surface area contributed by atoms with Crippen LogP contribution in [0.3, 0.4) is 0 Å². The number of carbonyl (C=O) groups excluding carboxylic acids is 2. The van der Waals surface area contributed by atoms with Crippen molar-refractivity contribution in [3.05, 3.63) is 64.6 Å². The third-order valence-electron chi connectivity index (χ3n) is 3.42. The van der Waals surface area contributed by atoms with Gasteiger partial charge in [-0.3, -0.25) is 20.4 Å². The lowest BCUT2D eigenvalue weighted by Crippen LogP contribution is -2.41. The minimum absolute atomic E-state index is 0.0476. The van der Waals surface area contributed by atoms with Crippen LogP contribution < -0.4 is 10.9 Å². The van der Waals surface area contributed by atoms with Gasteiger partial charge in [-0.05, 0) is 37.3 Å². The molecule has 0 atom stereocenters. The minimum atomic E-state index is -0.691. The molecule has 0 unspecified atom stereocenters. The molecule has 8 heteroatoms. The molecule has 2 heterocycles. The molecule has 0 aliphatic carbocycles. The van der Waals surface area contributed by atoms with Crippen LogP contribution in [0.15, 0.2) is 42.6 Å². The number of aromatic hydroxyl groups is 1. The highest BCUT2D eigenvalue weighted by molar-refractivity contribution is 6.31. The average molecular weight is 345 g/mol. The van der Waals surface area contributed by atoms with Crippen molar-refractivity contribution in [2.75, 3.05) is 0 Å². The van der Waals surface area contributed by atoms with Crippen molar-refractivity contribution in [2.45, 2.75) is 6.92 Å². The molecule has 2 aromatic heterocycles. The van der Waals surface area contributed by atoms with E-state index in [0.29, 0.717) is 10.7 Å². The number of pyridine rings is 1. The predicted molar refractivity (Wildman–Crippen MR) is 88.0 cm³/mol. The number of aryl methyl sites for hydroxylation is 1. The largest absolute Gasteiger partial charge is 0.507 e. The van der Waals surface area contributed by atoms with E-state index in [0.717, 1.165) is 5.69 Å². The molecule has 1 aromatic carbocycles. The summed E-state index contributed by atoms with van der Waals surface area (Å²) in [5, 5.41) is 9.96. The SMILES string of the molecule is Cc1cccc2nc(C(=O)NNC(=O)c3cc(Cl)ccc3O)cn12. The molecule has 0 spiro atoms. The fourth-order valence-corrected chi connectivity index (χ4v) is 2.36. The first kappa shape index (κ1) is 15.8. The summed E-state index contributed by atoms with van der Waals surface area (Å²) in [6.45, 7) is 1.89. The van der Waals surface area contributed by atoms with Crippen molar-refractivity contribution in [3.63, 3.8) is 0 Å². The lowest BCUT2D eigenvalue weighted by Gasteiger charge is -2.07. The summed E-state index contributed by atoms with van der Waals surface area (Å²) in [6.07, 6.45) is 1.57. The van der Waals surface area contributed by atoms with E-state index >= 15 is 0 Å². The summed E-state index contributed by atoms with van der Waals surface area (Å²) < 4.78 is 1.76. The number of carbonyl (C=O) groups is 2. The maximum Gasteiger partial charge on any atom is 0.289 e. The Labute approximate surface area is 141 Å². The summed E-state index contributed by atoms with van der Waals surface area (Å²) in [6, 6.07) is 9.54. The second kappa shape index (κ2) is 6.21. The van der Waals surface area contributed by atoms with Gasteiger partial charge in [-0.2, -0.15) is 0 Å². The zero-order valence-corrected chi connectivity index (χ0v) is 13.3. The van der Waals surface area contributed by atoms with Crippen molar-refractivity contribution in [3.8, 4) is 5.75 Å². The van der Waals surface area contributed by atoms with E-state index in [9.17, 15) is 14.7 Å². The molecule has 0 aliphatic rings. The van der Waals surface area contributed by atoms with E-state index in [2.05, 4.69) is 15.8 Å². The summed E-state index contributed by atoms with van der Waals surface area (Å²) in [5.41, 5.74) is 6.13. The Balaban J connectivity index is 1.73. The van der Waals surface area contributed by atoms with Gasteiger partial charge in [0.15, 0.2) is 0 Å². The number of imidazole rings is 1. The smallest absolute Gasteiger partial charge is 0.289 e. The van der Waals surface area contributed by atoms with Crippen LogP contribution in [-0.4, -0.2) is 26.3 Å². The van der Waals surface area contributed by atoms with E-state index in [-0.39, 0.29) is 17.0 Å². The van der Waals surface area contributed by atoms with E-state index in [1.54, 1.807) is 16.7 Å². The van der Waals surface area contributed by atoms with Crippen LogP contribution >= 0.6 is 11.6 Å². The van der Waals surface area contributed by atoms with Crippen LogP contribution in [0.5, 0.6) is 5.75 Å². The molecule has 7 nitrogen and oxygen atoms in total. The number of hydrazine groups is 1. The predicted octanol–water partition coefficient (Wildman–Crippen LogP) is 2.08. The standard InChI is InChI=1S/C16H13ClN4O3/c1-9-3-2-4-14-18-12(8-21(9)14)16(24)20-19-15(23)11-7-10(17)5-6-13(11)22/h2-8,22H,1H3,(H,19,23)(H,20,24). The molecule has 122 valence electrons. The molecule has 3 aromatic rings. The third-order valence-corrected chi connectivity index (χ3v) is 3.66. The van der Waals surface area contributed by atoms with Gasteiger partial charge in [0.05, 0.1) is 5.56 Å². The van der Waals surface area contributed by atoms with E-state index in [4.69, 9.17) is 11.6 Å². The number of rotatable bonds is 2. The van der Waals surface area contributed by atoms with Gasteiger partial charge in [0.2, 0.25) is 0 Å². The Kier molecular flexibility index (Phi) is 4.09. The second-order valence-corrected chi connectivity index (χ2v) is 5.53. The highest BCUT2D eigenvalue weighted by Crippen LogP contribution is 2.21. The highest BCUT2D eigenvalue weighted by atomic mass is 35.5. The van der Waals surface area contributed by atoms with Gasteiger partial charge in [0.1, 0.15) is 17.1 Å². The lowest BCUT2D eigenvalue weighted by atomic mass is 10.2. The number of hydrogen-bond donors (Lipinski definition) is 3. The van der Waals surface area contributed by atoms with Gasteiger partial charge < -0.3 is 9.51 Å². The molecule has 2 amide bonds. The summed E-state index contributed by atoms with van der Waals surface area (Å²) >= 11 is 5.79. The number of benzene rings is 1. The van der Waals surface area contributed by atoms with Crippen molar-refractivity contribution in [2.24, 2.45) is 0 Å². The number of fused-ring (bicyclic) bond motifs is 1. The van der Waals surface area contributed by atoms with Gasteiger partial charge in [-0.1, -0.05) is 17.7 Å². The molecule has 0 aliphatic heterocycles. The van der Waals surface area contributed by atoms with Gasteiger partial charge in [0.25, 0.3) is 11.8 Å². The number of nitrogens with zero attached hydrogens (tertiary/aromatic N) is 2. The quantitative estimate of drug-likeness (QED) is 0.620. The molecule has 0 saturated heterocycles. The van der Waals surface area contributed by atoms with Gasteiger partial charge in [-0.15, -0.1) is 0 Å². The number of nitrogens with one attached hydrogen (secondary N) is 2. The summed E-state index contributed by atoms with van der Waals surface area (Å²) in [7, 11) is 0. The Hall–Kier alpha value is -3.06. The average Bonchev–Trinajstić information content (AvgIpc) is 3.00. The van der Waals surface area contributed by atoms with Crippen LogP contribution in [0.1, 0.15) is 26.5 Å². The summed E-state index contributed by atoms with van der Waals surface area (Å²) in [4.78, 5) is 28.3. The third kappa shape index (κ3) is 3.02. The van der Waals surface area contributed by atoms with Crippen molar-refractivity contribution in [1.29, 1.82) is 0 Å². The van der Waals surface area contributed by atoms with Crippen LogP contribution in [0.4, 0.5) is 0 Å². The highest BCUT2D eigenvalue weighted by Gasteiger charge is 2.15. The number of phenolic OH excluding ortho intramolecular Hbond substituents is 1. The molecule has 0 saturated carbocycles. The molecule has 0 fully saturated rings. The number of amides is 2. The number of hydrogen-bond acceptors (Lipinski definition) is 4. The number of halogens is 1. The first-order valence-corrected chi connectivity index (χ1v) is 7.37. The number of phenols is 1. The Morgan fingerprint density at radius 1 is 1.17 bits per heavy atom. The van der Waals surface area contributed by atoms with Crippen molar-refractivity contribution < 1.29 is 14.7 Å². The molecule has 3 rings (SSSR count). The van der Waals surface area contributed by atoms with Crippen molar-refractivity contribution >= 4 is 29.1 Å². The van der Waals surface area contributed by atoms with E-state index in [1.807, 2.05) is 19.1 Å². The fraction of sp³-hybridized carbons (Fsp3) is 0.0625. The molecular weight excluding hydrogens is 332 g/mol. The van der Waals surface area contributed by atoms with Crippen LogP contribution in [-0.2, 0) is 0 Å². The molecule has 3 N–H and O–H groups in total. The molecule has 0 radical (unpaired) electrons. The monoisotopic (exact) mass is 344 g/mol. The zero-order valence-electron chi connectivity index (χ0n) is 12.6. The van der Waals surface area contributed by atoms with Crippen LogP contribution in [0.2, 0.25) is 5.02 Å². The summed E-state index contributed by atoms with van der Waals surface area (Å²) in [5.74, 6) is -1.51. The van der Waals surface area contributed by atoms with E-state index < -0.39 is 11.8 Å². The Morgan fingerprint density at radius 2 is 1.92 bits per heavy atom. The molecular formula is C16H13ClN4O3. The first-order chi connectivity index (χ1) is 11.5. The van der Waals surface area contributed by atoms with E-state index in [1.165, 1.54) is 18.2 Å². The van der Waals surface area contributed by atoms with Crippen molar-refractivity contribution in [1.82, 2.24) is 20.2 Å².